The minimum atomic E-state index is 0.714. The zero-order valence-corrected chi connectivity index (χ0v) is 10.2. The standard InChI is InChI=1S/C11H18N2OS/c1-4-5-7-14-8-6-12-11-13-9(2)10(3)15-11/h4H,1,5-8H2,2-3H3,(H,12,13). The second-order valence-corrected chi connectivity index (χ2v) is 4.48. The van der Waals surface area contributed by atoms with Gasteiger partial charge in [-0.1, -0.05) is 6.08 Å². The van der Waals surface area contributed by atoms with Crippen LogP contribution in [-0.4, -0.2) is 24.7 Å². The predicted molar refractivity (Wildman–Crippen MR) is 65.7 cm³/mol. The third kappa shape index (κ3) is 4.44. The van der Waals surface area contributed by atoms with Crippen LogP contribution in [-0.2, 0) is 4.74 Å². The van der Waals surface area contributed by atoms with Crippen LogP contribution in [0.5, 0.6) is 0 Å². The number of ether oxygens (including phenoxy) is 1. The summed E-state index contributed by atoms with van der Waals surface area (Å²) in [5.41, 5.74) is 1.11. The van der Waals surface area contributed by atoms with Crippen molar-refractivity contribution in [2.24, 2.45) is 0 Å². The lowest BCUT2D eigenvalue weighted by atomic mass is 10.4. The molecule has 0 saturated heterocycles. The highest BCUT2D eigenvalue weighted by Gasteiger charge is 2.01. The first-order chi connectivity index (χ1) is 7.24. The summed E-state index contributed by atoms with van der Waals surface area (Å²) in [6.07, 6.45) is 2.77. The largest absolute Gasteiger partial charge is 0.379 e. The minimum absolute atomic E-state index is 0.714. The van der Waals surface area contributed by atoms with Gasteiger partial charge < -0.3 is 10.1 Å². The molecule has 0 aliphatic carbocycles. The number of hydrogen-bond donors (Lipinski definition) is 1. The third-order valence-corrected chi connectivity index (χ3v) is 3.05. The molecule has 0 bridgehead atoms. The van der Waals surface area contributed by atoms with Crippen LogP contribution in [0.1, 0.15) is 17.0 Å². The van der Waals surface area contributed by atoms with E-state index in [1.807, 2.05) is 13.0 Å². The summed E-state index contributed by atoms with van der Waals surface area (Å²) >= 11 is 1.69. The smallest absolute Gasteiger partial charge is 0.183 e. The fraction of sp³-hybridized carbons (Fsp3) is 0.545. The molecule has 3 nitrogen and oxygen atoms in total. The van der Waals surface area contributed by atoms with Crippen molar-refractivity contribution in [1.29, 1.82) is 0 Å². The van der Waals surface area contributed by atoms with E-state index in [0.717, 1.165) is 30.4 Å². The van der Waals surface area contributed by atoms with E-state index in [1.165, 1.54) is 4.88 Å². The number of aromatic nitrogens is 1. The van der Waals surface area contributed by atoms with Crippen LogP contribution in [0.3, 0.4) is 0 Å². The summed E-state index contributed by atoms with van der Waals surface area (Å²) in [7, 11) is 0. The molecule has 0 unspecified atom stereocenters. The number of anilines is 1. The molecule has 4 heteroatoms. The number of rotatable bonds is 7. The highest BCUT2D eigenvalue weighted by atomic mass is 32.1. The number of hydrogen-bond acceptors (Lipinski definition) is 4. The SMILES string of the molecule is C=CCCOCCNc1nc(C)c(C)s1. The summed E-state index contributed by atoms with van der Waals surface area (Å²) in [5, 5.41) is 4.22. The van der Waals surface area contributed by atoms with Crippen LogP contribution in [0.25, 0.3) is 0 Å². The Bertz CT molecular complexity index is 290. The van der Waals surface area contributed by atoms with Gasteiger partial charge in [-0.25, -0.2) is 4.98 Å². The second kappa shape index (κ2) is 6.58. The van der Waals surface area contributed by atoms with Crippen molar-refractivity contribution in [3.63, 3.8) is 0 Å². The lowest BCUT2D eigenvalue weighted by Crippen LogP contribution is -2.09. The van der Waals surface area contributed by atoms with E-state index < -0.39 is 0 Å². The van der Waals surface area contributed by atoms with Gasteiger partial charge in [-0.2, -0.15) is 0 Å². The Morgan fingerprint density at radius 2 is 2.27 bits per heavy atom. The Hall–Kier alpha value is -0.870. The zero-order valence-electron chi connectivity index (χ0n) is 9.38. The van der Waals surface area contributed by atoms with E-state index >= 15 is 0 Å². The van der Waals surface area contributed by atoms with Crippen molar-refractivity contribution in [3.05, 3.63) is 23.2 Å². The average Bonchev–Trinajstić information content (AvgIpc) is 2.52. The molecule has 0 amide bonds. The molecule has 84 valence electrons. The van der Waals surface area contributed by atoms with Gasteiger partial charge in [0.15, 0.2) is 5.13 Å². The monoisotopic (exact) mass is 226 g/mol. The molecule has 0 spiro atoms. The maximum atomic E-state index is 5.38. The average molecular weight is 226 g/mol. The molecule has 0 aliphatic rings. The summed E-state index contributed by atoms with van der Waals surface area (Å²) < 4.78 is 5.38. The lowest BCUT2D eigenvalue weighted by molar-refractivity contribution is 0.149. The fourth-order valence-electron chi connectivity index (χ4n) is 1.05. The third-order valence-electron chi connectivity index (χ3n) is 2.02. The molecule has 0 saturated carbocycles. The first-order valence-corrected chi connectivity index (χ1v) is 5.92. The van der Waals surface area contributed by atoms with Crippen LogP contribution in [0, 0.1) is 13.8 Å². The van der Waals surface area contributed by atoms with Crippen LogP contribution in [0.2, 0.25) is 0 Å². The molecule has 1 aromatic heterocycles. The Kier molecular flexibility index (Phi) is 5.36. The molecule has 1 heterocycles. The first-order valence-electron chi connectivity index (χ1n) is 5.10. The highest BCUT2D eigenvalue weighted by molar-refractivity contribution is 7.15. The van der Waals surface area contributed by atoms with E-state index in [-0.39, 0.29) is 0 Å². The molecule has 15 heavy (non-hydrogen) atoms. The van der Waals surface area contributed by atoms with E-state index in [4.69, 9.17) is 4.74 Å². The Balaban J connectivity index is 2.12. The maximum Gasteiger partial charge on any atom is 0.183 e. The highest BCUT2D eigenvalue weighted by Crippen LogP contribution is 2.20. The van der Waals surface area contributed by atoms with Gasteiger partial charge in [-0.05, 0) is 20.3 Å². The molecule has 0 atom stereocenters. The van der Waals surface area contributed by atoms with E-state index in [1.54, 1.807) is 11.3 Å². The molecular formula is C11H18N2OS. The number of nitrogens with zero attached hydrogens (tertiary/aromatic N) is 1. The molecular weight excluding hydrogens is 208 g/mol. The normalized spacial score (nSPS) is 10.3. The molecule has 0 radical (unpaired) electrons. The molecule has 0 fully saturated rings. The van der Waals surface area contributed by atoms with Gasteiger partial charge in [-0.3, -0.25) is 0 Å². The maximum absolute atomic E-state index is 5.38. The van der Waals surface area contributed by atoms with Gasteiger partial charge >= 0.3 is 0 Å². The Morgan fingerprint density at radius 3 is 2.87 bits per heavy atom. The van der Waals surface area contributed by atoms with Crippen molar-refractivity contribution in [3.8, 4) is 0 Å². The van der Waals surface area contributed by atoms with E-state index in [0.29, 0.717) is 6.61 Å². The summed E-state index contributed by atoms with van der Waals surface area (Å²) in [6, 6.07) is 0. The van der Waals surface area contributed by atoms with Crippen molar-refractivity contribution in [2.75, 3.05) is 25.1 Å². The van der Waals surface area contributed by atoms with Crippen molar-refractivity contribution < 1.29 is 4.74 Å². The van der Waals surface area contributed by atoms with Crippen molar-refractivity contribution >= 4 is 16.5 Å². The van der Waals surface area contributed by atoms with Gasteiger partial charge in [0.05, 0.1) is 18.9 Å². The molecule has 1 N–H and O–H groups in total. The minimum Gasteiger partial charge on any atom is -0.379 e. The zero-order chi connectivity index (χ0) is 11.1. The molecule has 1 aromatic rings. The first kappa shape index (κ1) is 12.2. The Labute approximate surface area is 95.2 Å². The van der Waals surface area contributed by atoms with Crippen LogP contribution in [0.4, 0.5) is 5.13 Å². The topological polar surface area (TPSA) is 34.1 Å². The quantitative estimate of drug-likeness (QED) is 0.573. The lowest BCUT2D eigenvalue weighted by Gasteiger charge is -2.03. The van der Waals surface area contributed by atoms with Crippen molar-refractivity contribution in [2.45, 2.75) is 20.3 Å². The summed E-state index contributed by atoms with van der Waals surface area (Å²) in [6.45, 7) is 10.0. The number of aryl methyl sites for hydroxylation is 2. The van der Waals surface area contributed by atoms with E-state index in [2.05, 4.69) is 23.8 Å². The second-order valence-electron chi connectivity index (χ2n) is 3.28. The summed E-state index contributed by atoms with van der Waals surface area (Å²) in [4.78, 5) is 5.65. The molecule has 1 rings (SSSR count). The van der Waals surface area contributed by atoms with Crippen LogP contribution < -0.4 is 5.32 Å². The Morgan fingerprint density at radius 1 is 1.47 bits per heavy atom. The van der Waals surface area contributed by atoms with Crippen molar-refractivity contribution in [1.82, 2.24) is 4.98 Å². The van der Waals surface area contributed by atoms with Gasteiger partial charge in [0.1, 0.15) is 0 Å². The fourth-order valence-corrected chi connectivity index (χ4v) is 1.89. The van der Waals surface area contributed by atoms with Crippen LogP contribution in [0.15, 0.2) is 12.7 Å². The number of nitrogens with one attached hydrogen (secondary N) is 1. The van der Waals surface area contributed by atoms with E-state index in [9.17, 15) is 0 Å². The van der Waals surface area contributed by atoms with Gasteiger partial charge in [0.2, 0.25) is 0 Å². The van der Waals surface area contributed by atoms with Gasteiger partial charge in [-0.15, -0.1) is 17.9 Å². The van der Waals surface area contributed by atoms with Crippen LogP contribution >= 0.6 is 11.3 Å². The molecule has 0 aromatic carbocycles. The van der Waals surface area contributed by atoms with Gasteiger partial charge in [0.25, 0.3) is 0 Å². The predicted octanol–water partition coefficient (Wildman–Crippen LogP) is 2.76. The van der Waals surface area contributed by atoms with Gasteiger partial charge in [0, 0.05) is 11.4 Å². The summed E-state index contributed by atoms with van der Waals surface area (Å²) in [5.74, 6) is 0. The number of thiazole rings is 1. The molecule has 0 aliphatic heterocycles.